The lowest BCUT2D eigenvalue weighted by Gasteiger charge is -2.21. The molecule has 1 aliphatic heterocycles. The SMILES string of the molecule is N#Cc1ccc([C@H]2C[C@@]23CCCOC3=O)cc1. The Balaban J connectivity index is 1.83. The third-order valence-electron chi connectivity index (χ3n) is 3.92. The summed E-state index contributed by atoms with van der Waals surface area (Å²) in [6, 6.07) is 9.65. The zero-order chi connectivity index (χ0) is 11.9. The molecule has 2 atom stereocenters. The van der Waals surface area contributed by atoms with E-state index in [0.29, 0.717) is 18.1 Å². The number of hydrogen-bond donors (Lipinski definition) is 0. The Hall–Kier alpha value is -1.82. The first kappa shape index (κ1) is 10.3. The number of rotatable bonds is 1. The van der Waals surface area contributed by atoms with Gasteiger partial charge >= 0.3 is 5.97 Å². The van der Waals surface area contributed by atoms with Crippen molar-refractivity contribution in [2.75, 3.05) is 6.61 Å². The fraction of sp³-hybridized carbons (Fsp3) is 0.429. The molecule has 2 fully saturated rings. The number of carbonyl (C=O) groups excluding carboxylic acids is 1. The molecule has 3 rings (SSSR count). The fourth-order valence-electron chi connectivity index (χ4n) is 2.83. The molecule has 2 aliphatic rings. The van der Waals surface area contributed by atoms with Crippen LogP contribution in [0.1, 0.15) is 36.3 Å². The number of ether oxygens (including phenoxy) is 1. The Labute approximate surface area is 100 Å². The third kappa shape index (κ3) is 1.52. The molecule has 0 bridgehead atoms. The second-order valence-electron chi connectivity index (χ2n) is 4.89. The number of hydrogen-bond acceptors (Lipinski definition) is 3. The number of carbonyl (C=O) groups is 1. The summed E-state index contributed by atoms with van der Waals surface area (Å²) in [7, 11) is 0. The summed E-state index contributed by atoms with van der Waals surface area (Å²) in [6.45, 7) is 0.570. The molecule has 1 saturated heterocycles. The average Bonchev–Trinajstić information content (AvgIpc) is 3.09. The second-order valence-corrected chi connectivity index (χ2v) is 4.89. The Morgan fingerprint density at radius 1 is 1.35 bits per heavy atom. The molecule has 17 heavy (non-hydrogen) atoms. The van der Waals surface area contributed by atoms with Gasteiger partial charge in [-0.15, -0.1) is 0 Å². The summed E-state index contributed by atoms with van der Waals surface area (Å²) in [5, 5.41) is 8.74. The normalized spacial score (nSPS) is 30.8. The topological polar surface area (TPSA) is 50.1 Å². The van der Waals surface area contributed by atoms with Gasteiger partial charge in [-0.25, -0.2) is 0 Å². The van der Waals surface area contributed by atoms with E-state index in [0.717, 1.165) is 24.8 Å². The first-order chi connectivity index (χ1) is 8.26. The van der Waals surface area contributed by atoms with Crippen molar-refractivity contribution in [1.82, 2.24) is 0 Å². The third-order valence-corrected chi connectivity index (χ3v) is 3.92. The van der Waals surface area contributed by atoms with Crippen molar-refractivity contribution in [2.24, 2.45) is 5.41 Å². The molecular weight excluding hydrogens is 214 g/mol. The maximum absolute atomic E-state index is 11.8. The summed E-state index contributed by atoms with van der Waals surface area (Å²) in [4.78, 5) is 11.8. The van der Waals surface area contributed by atoms with Crippen LogP contribution in [0.5, 0.6) is 0 Å². The monoisotopic (exact) mass is 227 g/mol. The number of esters is 1. The van der Waals surface area contributed by atoms with Crippen molar-refractivity contribution in [1.29, 1.82) is 5.26 Å². The summed E-state index contributed by atoms with van der Waals surface area (Å²) in [5.74, 6) is 0.265. The lowest BCUT2D eigenvalue weighted by atomic mass is 9.92. The molecule has 0 N–H and O–H groups in total. The van der Waals surface area contributed by atoms with Crippen LogP contribution in [0.3, 0.4) is 0 Å². The van der Waals surface area contributed by atoms with Crippen molar-refractivity contribution >= 4 is 5.97 Å². The summed E-state index contributed by atoms with van der Waals surface area (Å²) >= 11 is 0. The second kappa shape index (κ2) is 3.59. The van der Waals surface area contributed by atoms with E-state index in [2.05, 4.69) is 6.07 Å². The largest absolute Gasteiger partial charge is 0.465 e. The summed E-state index contributed by atoms with van der Waals surface area (Å²) in [6.07, 6.45) is 2.81. The molecule has 3 nitrogen and oxygen atoms in total. The highest BCUT2D eigenvalue weighted by Crippen LogP contribution is 2.63. The van der Waals surface area contributed by atoms with Crippen LogP contribution >= 0.6 is 0 Å². The maximum atomic E-state index is 11.8. The molecule has 1 aromatic carbocycles. The Morgan fingerprint density at radius 3 is 2.76 bits per heavy atom. The van der Waals surface area contributed by atoms with Crippen molar-refractivity contribution < 1.29 is 9.53 Å². The van der Waals surface area contributed by atoms with Crippen LogP contribution in [-0.2, 0) is 9.53 Å². The predicted octanol–water partition coefficient (Wildman–Crippen LogP) is 2.37. The van der Waals surface area contributed by atoms with Gasteiger partial charge in [0.15, 0.2) is 0 Å². The predicted molar refractivity (Wildman–Crippen MR) is 61.1 cm³/mol. The van der Waals surface area contributed by atoms with E-state index in [1.54, 1.807) is 0 Å². The Bertz CT molecular complexity index is 500. The smallest absolute Gasteiger partial charge is 0.312 e. The highest BCUT2D eigenvalue weighted by atomic mass is 16.5. The van der Waals surface area contributed by atoms with Crippen LogP contribution in [-0.4, -0.2) is 12.6 Å². The quantitative estimate of drug-likeness (QED) is 0.692. The van der Waals surface area contributed by atoms with Crippen LogP contribution < -0.4 is 0 Å². The van der Waals surface area contributed by atoms with Crippen molar-refractivity contribution in [3.8, 4) is 6.07 Å². The summed E-state index contributed by atoms with van der Waals surface area (Å²) in [5.41, 5.74) is 1.57. The van der Waals surface area contributed by atoms with Gasteiger partial charge in [0.2, 0.25) is 0 Å². The van der Waals surface area contributed by atoms with Crippen LogP contribution in [0.25, 0.3) is 0 Å². The summed E-state index contributed by atoms with van der Waals surface area (Å²) < 4.78 is 5.16. The molecule has 3 heteroatoms. The van der Waals surface area contributed by atoms with E-state index in [1.807, 2.05) is 24.3 Å². The van der Waals surface area contributed by atoms with Gasteiger partial charge in [-0.3, -0.25) is 4.79 Å². The fourth-order valence-corrected chi connectivity index (χ4v) is 2.83. The molecule has 86 valence electrons. The zero-order valence-electron chi connectivity index (χ0n) is 9.48. The minimum atomic E-state index is -0.244. The zero-order valence-corrected chi connectivity index (χ0v) is 9.48. The number of nitrogens with zero attached hydrogens (tertiary/aromatic N) is 1. The van der Waals surface area contributed by atoms with Gasteiger partial charge in [-0.2, -0.15) is 5.26 Å². The van der Waals surface area contributed by atoms with Gasteiger partial charge in [0.1, 0.15) is 0 Å². The van der Waals surface area contributed by atoms with Gasteiger partial charge in [0, 0.05) is 5.92 Å². The van der Waals surface area contributed by atoms with E-state index >= 15 is 0 Å². The molecule has 0 aromatic heterocycles. The minimum absolute atomic E-state index is 0.0295. The highest BCUT2D eigenvalue weighted by molar-refractivity contribution is 5.83. The van der Waals surface area contributed by atoms with Gasteiger partial charge in [-0.05, 0) is 37.0 Å². The molecule has 0 radical (unpaired) electrons. The van der Waals surface area contributed by atoms with Gasteiger partial charge in [0.25, 0.3) is 0 Å². The van der Waals surface area contributed by atoms with Crippen LogP contribution in [0.2, 0.25) is 0 Å². The average molecular weight is 227 g/mol. The van der Waals surface area contributed by atoms with Crippen molar-refractivity contribution in [2.45, 2.75) is 25.2 Å². The number of nitriles is 1. The maximum Gasteiger partial charge on any atom is 0.312 e. The molecule has 1 aromatic rings. The Morgan fingerprint density at radius 2 is 2.12 bits per heavy atom. The highest BCUT2D eigenvalue weighted by Gasteiger charge is 2.62. The van der Waals surface area contributed by atoms with E-state index in [-0.39, 0.29) is 11.4 Å². The van der Waals surface area contributed by atoms with Gasteiger partial charge < -0.3 is 4.74 Å². The number of cyclic esters (lactones) is 1. The van der Waals surface area contributed by atoms with E-state index in [1.165, 1.54) is 0 Å². The van der Waals surface area contributed by atoms with Crippen LogP contribution in [0, 0.1) is 16.7 Å². The Kier molecular flexibility index (Phi) is 2.19. The van der Waals surface area contributed by atoms with Gasteiger partial charge in [-0.1, -0.05) is 12.1 Å². The molecule has 0 amide bonds. The molecule has 1 aliphatic carbocycles. The lowest BCUT2D eigenvalue weighted by Crippen LogP contribution is -2.26. The van der Waals surface area contributed by atoms with Crippen molar-refractivity contribution in [3.63, 3.8) is 0 Å². The molecular formula is C14H13NO2. The van der Waals surface area contributed by atoms with E-state index in [9.17, 15) is 4.79 Å². The van der Waals surface area contributed by atoms with Crippen LogP contribution in [0.15, 0.2) is 24.3 Å². The molecule has 0 unspecified atom stereocenters. The lowest BCUT2D eigenvalue weighted by molar-refractivity contribution is -0.155. The first-order valence-electron chi connectivity index (χ1n) is 5.93. The van der Waals surface area contributed by atoms with Crippen molar-refractivity contribution in [3.05, 3.63) is 35.4 Å². The van der Waals surface area contributed by atoms with E-state index < -0.39 is 0 Å². The molecule has 1 saturated carbocycles. The molecule has 1 spiro atoms. The first-order valence-corrected chi connectivity index (χ1v) is 5.93. The minimum Gasteiger partial charge on any atom is -0.465 e. The van der Waals surface area contributed by atoms with Crippen LogP contribution in [0.4, 0.5) is 0 Å². The number of benzene rings is 1. The molecule has 1 heterocycles. The standard InChI is InChI=1S/C14H13NO2/c15-9-10-2-4-11(5-3-10)12-8-14(12)6-1-7-17-13(14)16/h2-5,12H,1,6-8H2/t12-,14+/m1/s1. The van der Waals surface area contributed by atoms with Gasteiger partial charge in [0.05, 0.1) is 23.7 Å². The van der Waals surface area contributed by atoms with E-state index in [4.69, 9.17) is 10.00 Å².